The van der Waals surface area contributed by atoms with Crippen molar-refractivity contribution in [2.45, 2.75) is 11.3 Å². The average Bonchev–Trinajstić information content (AvgIpc) is 3.16. The van der Waals surface area contributed by atoms with Crippen molar-refractivity contribution in [2.24, 2.45) is 0 Å². The van der Waals surface area contributed by atoms with Gasteiger partial charge in [-0.05, 0) is 41.8 Å². The highest BCUT2D eigenvalue weighted by atomic mass is 35.5. The lowest BCUT2D eigenvalue weighted by molar-refractivity contribution is -0.115. The van der Waals surface area contributed by atoms with Gasteiger partial charge in [0.2, 0.25) is 5.91 Å². The number of benzene rings is 2. The number of rotatable bonds is 7. The number of carbonyl (C=O) groups is 1. The van der Waals surface area contributed by atoms with Crippen molar-refractivity contribution >= 4 is 50.2 Å². The Morgan fingerprint density at radius 1 is 1.11 bits per heavy atom. The summed E-state index contributed by atoms with van der Waals surface area (Å²) >= 11 is 7.50. The highest BCUT2D eigenvalue weighted by molar-refractivity contribution is 7.92. The number of anilines is 2. The predicted octanol–water partition coefficient (Wildman–Crippen LogP) is 4.39. The first kappa shape index (κ1) is 20.2. The molecule has 2 aromatic carbocycles. The van der Waals surface area contributed by atoms with Crippen LogP contribution in [-0.2, 0) is 21.2 Å². The lowest BCUT2D eigenvalue weighted by Gasteiger charge is -2.14. The van der Waals surface area contributed by atoms with Gasteiger partial charge in [0.25, 0.3) is 10.0 Å². The number of ether oxygens (including phenoxy) is 1. The van der Waals surface area contributed by atoms with Gasteiger partial charge >= 0.3 is 0 Å². The van der Waals surface area contributed by atoms with Crippen molar-refractivity contribution in [1.29, 1.82) is 0 Å². The van der Waals surface area contributed by atoms with Crippen molar-refractivity contribution in [2.75, 3.05) is 17.1 Å². The quantitative estimate of drug-likeness (QED) is 0.575. The van der Waals surface area contributed by atoms with Crippen LogP contribution in [0, 0.1) is 0 Å². The molecule has 0 spiro atoms. The summed E-state index contributed by atoms with van der Waals surface area (Å²) < 4.78 is 33.1. The van der Waals surface area contributed by atoms with Crippen molar-refractivity contribution in [3.05, 3.63) is 69.9 Å². The topological polar surface area (TPSA) is 84.5 Å². The zero-order valence-electron chi connectivity index (χ0n) is 14.8. The molecular weight excluding hydrogens is 420 g/mol. The number of hydrogen-bond donors (Lipinski definition) is 2. The minimum Gasteiger partial charge on any atom is -0.495 e. The van der Waals surface area contributed by atoms with E-state index in [2.05, 4.69) is 10.0 Å². The molecule has 146 valence electrons. The second kappa shape index (κ2) is 8.64. The molecule has 2 N–H and O–H groups in total. The van der Waals surface area contributed by atoms with E-state index in [4.69, 9.17) is 16.3 Å². The van der Waals surface area contributed by atoms with E-state index in [1.165, 1.54) is 36.6 Å². The minimum absolute atomic E-state index is 0.0281. The molecule has 9 heteroatoms. The Bertz CT molecular complexity index is 1080. The zero-order valence-corrected chi connectivity index (χ0v) is 17.2. The first-order valence-electron chi connectivity index (χ1n) is 8.16. The molecule has 0 bridgehead atoms. The summed E-state index contributed by atoms with van der Waals surface area (Å²) in [5.74, 6) is 0.0885. The number of hydrogen-bond acceptors (Lipinski definition) is 5. The maximum absolute atomic E-state index is 12.7. The van der Waals surface area contributed by atoms with E-state index < -0.39 is 10.0 Å². The zero-order chi connectivity index (χ0) is 20.1. The van der Waals surface area contributed by atoms with E-state index in [0.717, 1.165) is 4.88 Å². The summed E-state index contributed by atoms with van der Waals surface area (Å²) in [7, 11) is -2.46. The van der Waals surface area contributed by atoms with Crippen LogP contribution in [0.3, 0.4) is 0 Å². The third-order valence-corrected chi connectivity index (χ3v) is 6.36. The van der Waals surface area contributed by atoms with Crippen LogP contribution >= 0.6 is 22.9 Å². The Balaban J connectivity index is 1.85. The Labute approximate surface area is 172 Å². The Hall–Kier alpha value is -2.55. The van der Waals surface area contributed by atoms with E-state index >= 15 is 0 Å². The fourth-order valence-electron chi connectivity index (χ4n) is 2.47. The second-order valence-electron chi connectivity index (χ2n) is 5.75. The molecule has 0 unspecified atom stereocenters. The number of carbonyl (C=O) groups excluding carboxylic acids is 1. The van der Waals surface area contributed by atoms with Gasteiger partial charge in [-0.25, -0.2) is 8.42 Å². The second-order valence-corrected chi connectivity index (χ2v) is 8.87. The van der Waals surface area contributed by atoms with E-state index in [1.807, 2.05) is 17.5 Å². The monoisotopic (exact) mass is 436 g/mol. The van der Waals surface area contributed by atoms with Crippen LogP contribution in [0.4, 0.5) is 11.4 Å². The SMILES string of the molecule is COc1ccc(S(=O)(=O)Nc2ccccc2Cl)cc1NC(=O)Cc1cccs1. The predicted molar refractivity (Wildman–Crippen MR) is 112 cm³/mol. The molecule has 0 aliphatic carbocycles. The van der Waals surface area contributed by atoms with Gasteiger partial charge in [0.1, 0.15) is 5.75 Å². The molecule has 28 heavy (non-hydrogen) atoms. The number of amides is 1. The van der Waals surface area contributed by atoms with Crippen molar-refractivity contribution < 1.29 is 17.9 Å². The molecule has 1 heterocycles. The van der Waals surface area contributed by atoms with Crippen molar-refractivity contribution in [3.63, 3.8) is 0 Å². The highest BCUT2D eigenvalue weighted by Crippen LogP contribution is 2.30. The molecule has 0 aliphatic heterocycles. The molecular formula is C19H17ClN2O4S2. The lowest BCUT2D eigenvalue weighted by atomic mass is 10.2. The Kier molecular flexibility index (Phi) is 6.23. The van der Waals surface area contributed by atoms with Crippen molar-refractivity contribution in [1.82, 2.24) is 0 Å². The number of thiophene rings is 1. The van der Waals surface area contributed by atoms with E-state index in [1.54, 1.807) is 24.3 Å². The summed E-state index contributed by atoms with van der Waals surface area (Å²) in [4.78, 5) is 13.2. The molecule has 0 radical (unpaired) electrons. The summed E-state index contributed by atoms with van der Waals surface area (Å²) in [6.45, 7) is 0. The molecule has 6 nitrogen and oxygen atoms in total. The van der Waals surface area contributed by atoms with E-state index in [0.29, 0.717) is 5.75 Å². The van der Waals surface area contributed by atoms with Crippen LogP contribution in [0.5, 0.6) is 5.75 Å². The summed E-state index contributed by atoms with van der Waals surface area (Å²) in [5.41, 5.74) is 0.536. The standard InChI is InChI=1S/C19H17ClN2O4S2/c1-26-18-9-8-14(28(24,25)22-16-7-3-2-6-15(16)20)12-17(18)21-19(23)11-13-5-4-10-27-13/h2-10,12,22H,11H2,1H3,(H,21,23). The number of para-hydroxylation sites is 1. The number of sulfonamides is 1. The minimum atomic E-state index is -3.91. The normalized spacial score (nSPS) is 11.1. The number of methoxy groups -OCH3 is 1. The lowest BCUT2D eigenvalue weighted by Crippen LogP contribution is -2.16. The van der Waals surface area contributed by atoms with Gasteiger partial charge in [-0.3, -0.25) is 9.52 Å². The maximum atomic E-state index is 12.7. The van der Waals surface area contributed by atoms with Gasteiger partial charge < -0.3 is 10.1 Å². The van der Waals surface area contributed by atoms with Crippen LogP contribution in [-0.4, -0.2) is 21.4 Å². The fourth-order valence-corrected chi connectivity index (χ4v) is 4.51. The van der Waals surface area contributed by atoms with Crippen LogP contribution in [0.25, 0.3) is 0 Å². The maximum Gasteiger partial charge on any atom is 0.262 e. The third-order valence-electron chi connectivity index (χ3n) is 3.79. The molecule has 0 saturated heterocycles. The van der Waals surface area contributed by atoms with Gasteiger partial charge in [0, 0.05) is 4.88 Å². The van der Waals surface area contributed by atoms with Gasteiger partial charge in [-0.2, -0.15) is 0 Å². The van der Waals surface area contributed by atoms with E-state index in [9.17, 15) is 13.2 Å². The first-order chi connectivity index (χ1) is 13.4. The summed E-state index contributed by atoms with van der Waals surface area (Å²) in [6.07, 6.45) is 0.190. The highest BCUT2D eigenvalue weighted by Gasteiger charge is 2.19. The number of nitrogens with one attached hydrogen (secondary N) is 2. The smallest absolute Gasteiger partial charge is 0.262 e. The van der Waals surface area contributed by atoms with Crippen LogP contribution in [0.1, 0.15) is 4.88 Å². The molecule has 0 aliphatic rings. The van der Waals surface area contributed by atoms with Crippen LogP contribution < -0.4 is 14.8 Å². The van der Waals surface area contributed by atoms with Gasteiger partial charge in [-0.1, -0.05) is 29.8 Å². The molecule has 0 atom stereocenters. The molecule has 1 amide bonds. The Morgan fingerprint density at radius 3 is 2.57 bits per heavy atom. The third kappa shape index (κ3) is 4.83. The fraction of sp³-hybridized carbons (Fsp3) is 0.105. The average molecular weight is 437 g/mol. The molecule has 1 aromatic heterocycles. The first-order valence-corrected chi connectivity index (χ1v) is 10.9. The molecule has 0 fully saturated rings. The summed E-state index contributed by atoms with van der Waals surface area (Å²) in [6, 6.07) is 14.5. The van der Waals surface area contributed by atoms with Crippen LogP contribution in [0.15, 0.2) is 64.9 Å². The Morgan fingerprint density at radius 2 is 1.89 bits per heavy atom. The molecule has 0 saturated carbocycles. The number of halogens is 1. The summed E-state index contributed by atoms with van der Waals surface area (Å²) in [5, 5.41) is 4.88. The largest absolute Gasteiger partial charge is 0.495 e. The van der Waals surface area contributed by atoms with Gasteiger partial charge in [-0.15, -0.1) is 11.3 Å². The van der Waals surface area contributed by atoms with Gasteiger partial charge in [0.15, 0.2) is 0 Å². The molecule has 3 rings (SSSR count). The van der Waals surface area contributed by atoms with E-state index in [-0.39, 0.29) is 33.6 Å². The van der Waals surface area contributed by atoms with Crippen molar-refractivity contribution in [3.8, 4) is 5.75 Å². The molecule has 3 aromatic rings. The van der Waals surface area contributed by atoms with Gasteiger partial charge in [0.05, 0.1) is 34.8 Å². The van der Waals surface area contributed by atoms with Crippen LogP contribution in [0.2, 0.25) is 5.02 Å².